The van der Waals surface area contributed by atoms with Crippen molar-refractivity contribution >= 4 is 5.91 Å². The lowest BCUT2D eigenvalue weighted by Crippen LogP contribution is -2.41. The third-order valence-electron chi connectivity index (χ3n) is 4.93. The SMILES string of the molecule is CC[C@H](C)NC(=O)CN1Cc2ccccc2O[C@@H](c2ccccc2OC)C1. The number of carbonyl (C=O) groups is 1. The quantitative estimate of drug-likeness (QED) is 0.847. The monoisotopic (exact) mass is 368 g/mol. The van der Waals surface area contributed by atoms with Crippen molar-refractivity contribution in [3.05, 3.63) is 59.7 Å². The average molecular weight is 368 g/mol. The normalized spacial score (nSPS) is 18.0. The minimum absolute atomic E-state index is 0.0440. The number of hydrogen-bond donors (Lipinski definition) is 1. The molecule has 5 nitrogen and oxygen atoms in total. The molecule has 2 atom stereocenters. The predicted molar refractivity (Wildman–Crippen MR) is 106 cm³/mol. The Hall–Kier alpha value is -2.53. The second-order valence-electron chi connectivity index (χ2n) is 7.00. The number of nitrogens with one attached hydrogen (secondary N) is 1. The highest BCUT2D eigenvalue weighted by molar-refractivity contribution is 5.78. The second kappa shape index (κ2) is 8.91. The molecule has 0 saturated heterocycles. The molecule has 1 aliphatic rings. The van der Waals surface area contributed by atoms with Crippen molar-refractivity contribution in [3.63, 3.8) is 0 Å². The molecule has 0 aliphatic carbocycles. The van der Waals surface area contributed by atoms with Gasteiger partial charge in [-0.1, -0.05) is 43.3 Å². The zero-order chi connectivity index (χ0) is 19.2. The van der Waals surface area contributed by atoms with Gasteiger partial charge >= 0.3 is 0 Å². The average Bonchev–Trinajstić information content (AvgIpc) is 2.86. The maximum absolute atomic E-state index is 12.5. The molecule has 1 heterocycles. The number of fused-ring (bicyclic) bond motifs is 1. The number of hydrogen-bond acceptors (Lipinski definition) is 4. The molecular weight excluding hydrogens is 340 g/mol. The Balaban J connectivity index is 1.86. The molecular formula is C22H28N2O3. The summed E-state index contributed by atoms with van der Waals surface area (Å²) in [5.41, 5.74) is 2.08. The Morgan fingerprint density at radius 3 is 2.78 bits per heavy atom. The van der Waals surface area contributed by atoms with E-state index in [1.807, 2.05) is 49.4 Å². The molecule has 3 rings (SSSR count). The maximum Gasteiger partial charge on any atom is 0.234 e. The molecule has 0 saturated carbocycles. The first-order valence-corrected chi connectivity index (χ1v) is 9.50. The van der Waals surface area contributed by atoms with Crippen LogP contribution in [-0.4, -0.2) is 37.0 Å². The highest BCUT2D eigenvalue weighted by Gasteiger charge is 2.27. The van der Waals surface area contributed by atoms with Crippen molar-refractivity contribution < 1.29 is 14.3 Å². The first kappa shape index (κ1) is 19.2. The molecule has 0 unspecified atom stereocenters. The zero-order valence-corrected chi connectivity index (χ0v) is 16.3. The number of benzene rings is 2. The third kappa shape index (κ3) is 4.80. The lowest BCUT2D eigenvalue weighted by molar-refractivity contribution is -0.123. The topological polar surface area (TPSA) is 50.8 Å². The van der Waals surface area contributed by atoms with Crippen LogP contribution in [0.25, 0.3) is 0 Å². The van der Waals surface area contributed by atoms with Crippen LogP contribution in [0.5, 0.6) is 11.5 Å². The molecule has 144 valence electrons. The van der Waals surface area contributed by atoms with Crippen LogP contribution >= 0.6 is 0 Å². The molecule has 0 aromatic heterocycles. The number of carbonyl (C=O) groups excluding carboxylic acids is 1. The van der Waals surface area contributed by atoms with E-state index >= 15 is 0 Å². The van der Waals surface area contributed by atoms with Gasteiger partial charge in [-0.25, -0.2) is 0 Å². The van der Waals surface area contributed by atoms with Gasteiger partial charge in [0.25, 0.3) is 0 Å². The Bertz CT molecular complexity index is 778. The minimum atomic E-state index is -0.207. The summed E-state index contributed by atoms with van der Waals surface area (Å²) in [5.74, 6) is 1.70. The summed E-state index contributed by atoms with van der Waals surface area (Å²) in [4.78, 5) is 14.6. The Morgan fingerprint density at radius 1 is 1.26 bits per heavy atom. The molecule has 0 spiro atoms. The fourth-order valence-corrected chi connectivity index (χ4v) is 3.32. The second-order valence-corrected chi connectivity index (χ2v) is 7.00. The molecule has 2 aromatic rings. The van der Waals surface area contributed by atoms with Gasteiger partial charge in [-0.3, -0.25) is 9.69 Å². The fourth-order valence-electron chi connectivity index (χ4n) is 3.32. The molecule has 27 heavy (non-hydrogen) atoms. The van der Waals surface area contributed by atoms with Crippen LogP contribution in [0.1, 0.15) is 37.5 Å². The molecule has 2 aromatic carbocycles. The van der Waals surface area contributed by atoms with Crippen molar-refractivity contribution in [2.45, 2.75) is 39.0 Å². The van der Waals surface area contributed by atoms with E-state index in [1.54, 1.807) is 7.11 Å². The summed E-state index contributed by atoms with van der Waals surface area (Å²) < 4.78 is 11.9. The van der Waals surface area contributed by atoms with E-state index in [2.05, 4.69) is 23.2 Å². The van der Waals surface area contributed by atoms with Crippen LogP contribution in [0, 0.1) is 0 Å². The first-order valence-electron chi connectivity index (χ1n) is 9.50. The standard InChI is InChI=1S/C22H28N2O3/c1-4-16(2)23-22(25)15-24-13-17-9-5-7-11-19(17)27-21(14-24)18-10-6-8-12-20(18)26-3/h5-12,16,21H,4,13-15H2,1-3H3,(H,23,25)/t16-,21+/m0/s1. The van der Waals surface area contributed by atoms with Crippen LogP contribution in [-0.2, 0) is 11.3 Å². The van der Waals surface area contributed by atoms with E-state index in [4.69, 9.17) is 9.47 Å². The number of rotatable bonds is 6. The first-order chi connectivity index (χ1) is 13.1. The van der Waals surface area contributed by atoms with E-state index < -0.39 is 0 Å². The summed E-state index contributed by atoms with van der Waals surface area (Å²) in [7, 11) is 1.67. The van der Waals surface area contributed by atoms with Crippen LogP contribution in [0.4, 0.5) is 0 Å². The van der Waals surface area contributed by atoms with Gasteiger partial charge in [-0.05, 0) is 25.5 Å². The minimum Gasteiger partial charge on any atom is -0.496 e. The highest BCUT2D eigenvalue weighted by Crippen LogP contribution is 2.34. The van der Waals surface area contributed by atoms with Gasteiger partial charge in [0.05, 0.1) is 13.7 Å². The molecule has 0 bridgehead atoms. The van der Waals surface area contributed by atoms with Crippen LogP contribution in [0.3, 0.4) is 0 Å². The highest BCUT2D eigenvalue weighted by atomic mass is 16.5. The molecule has 0 radical (unpaired) electrons. The summed E-state index contributed by atoms with van der Waals surface area (Å²) in [6.45, 7) is 5.72. The van der Waals surface area contributed by atoms with Gasteiger partial charge in [0.2, 0.25) is 5.91 Å². The number of methoxy groups -OCH3 is 1. The Morgan fingerprint density at radius 2 is 2.00 bits per heavy atom. The van der Waals surface area contributed by atoms with E-state index in [9.17, 15) is 4.79 Å². The number of amides is 1. The van der Waals surface area contributed by atoms with Gasteiger partial charge in [0, 0.05) is 30.3 Å². The largest absolute Gasteiger partial charge is 0.496 e. The lowest BCUT2D eigenvalue weighted by Gasteiger charge is -2.25. The van der Waals surface area contributed by atoms with Crippen molar-refractivity contribution in [1.29, 1.82) is 0 Å². The van der Waals surface area contributed by atoms with Crippen LogP contribution in [0.2, 0.25) is 0 Å². The van der Waals surface area contributed by atoms with Crippen LogP contribution in [0.15, 0.2) is 48.5 Å². The maximum atomic E-state index is 12.5. The smallest absolute Gasteiger partial charge is 0.234 e. The van der Waals surface area contributed by atoms with Crippen molar-refractivity contribution in [3.8, 4) is 11.5 Å². The Labute approximate surface area is 161 Å². The summed E-state index contributed by atoms with van der Waals surface area (Å²) in [6.07, 6.45) is 0.711. The molecule has 1 N–H and O–H groups in total. The van der Waals surface area contributed by atoms with Gasteiger partial charge in [0.1, 0.15) is 17.6 Å². The van der Waals surface area contributed by atoms with E-state index in [0.717, 1.165) is 29.0 Å². The lowest BCUT2D eigenvalue weighted by atomic mass is 10.1. The van der Waals surface area contributed by atoms with Gasteiger partial charge in [0.15, 0.2) is 0 Å². The molecule has 0 fully saturated rings. The number of nitrogens with zero attached hydrogens (tertiary/aromatic N) is 1. The van der Waals surface area contributed by atoms with E-state index in [1.165, 1.54) is 0 Å². The van der Waals surface area contributed by atoms with Gasteiger partial charge in [-0.15, -0.1) is 0 Å². The number of ether oxygens (including phenoxy) is 2. The zero-order valence-electron chi connectivity index (χ0n) is 16.3. The van der Waals surface area contributed by atoms with Crippen LogP contribution < -0.4 is 14.8 Å². The van der Waals surface area contributed by atoms with Crippen molar-refractivity contribution in [1.82, 2.24) is 10.2 Å². The molecule has 1 aliphatic heterocycles. The van der Waals surface area contributed by atoms with Gasteiger partial charge in [-0.2, -0.15) is 0 Å². The van der Waals surface area contributed by atoms with Crippen molar-refractivity contribution in [2.75, 3.05) is 20.2 Å². The third-order valence-corrected chi connectivity index (χ3v) is 4.93. The summed E-state index contributed by atoms with van der Waals surface area (Å²) in [6, 6.07) is 16.1. The molecule has 1 amide bonds. The predicted octanol–water partition coefficient (Wildman–Crippen LogP) is 3.55. The molecule has 5 heteroatoms. The fraction of sp³-hybridized carbons (Fsp3) is 0.409. The van der Waals surface area contributed by atoms with E-state index in [0.29, 0.717) is 19.6 Å². The van der Waals surface area contributed by atoms with Gasteiger partial charge < -0.3 is 14.8 Å². The summed E-state index contributed by atoms with van der Waals surface area (Å²) in [5, 5.41) is 3.05. The van der Waals surface area contributed by atoms with Crippen molar-refractivity contribution in [2.24, 2.45) is 0 Å². The Kier molecular flexibility index (Phi) is 6.35. The van der Waals surface area contributed by atoms with E-state index in [-0.39, 0.29) is 18.1 Å². The number of para-hydroxylation sites is 2. The summed E-state index contributed by atoms with van der Waals surface area (Å²) >= 11 is 0.